The van der Waals surface area contributed by atoms with Crippen LogP contribution in [0.4, 0.5) is 17.1 Å². The second kappa shape index (κ2) is 4.76. The van der Waals surface area contributed by atoms with E-state index in [4.69, 9.17) is 5.73 Å². The van der Waals surface area contributed by atoms with Gasteiger partial charge in [0, 0.05) is 18.8 Å². The molecule has 4 nitrogen and oxygen atoms in total. The summed E-state index contributed by atoms with van der Waals surface area (Å²) in [5.41, 5.74) is 10.0. The summed E-state index contributed by atoms with van der Waals surface area (Å²) in [5, 5.41) is 2.91. The lowest BCUT2D eigenvalue weighted by molar-refractivity contribution is -0.115. The number of nitrogen functional groups attached to an aromatic ring is 1. The highest BCUT2D eigenvalue weighted by molar-refractivity contribution is 6.00. The molecule has 1 aromatic rings. The van der Waals surface area contributed by atoms with E-state index < -0.39 is 0 Å². The number of nitrogens with zero attached hydrogens (tertiary/aromatic N) is 1. The fourth-order valence-corrected chi connectivity index (χ4v) is 2.75. The lowest BCUT2D eigenvalue weighted by Gasteiger charge is -2.26. The molecule has 0 atom stereocenters. The van der Waals surface area contributed by atoms with Crippen molar-refractivity contribution in [3.05, 3.63) is 17.7 Å². The Balaban J connectivity index is 1.89. The first-order valence-corrected chi connectivity index (χ1v) is 7.14. The molecule has 1 aliphatic carbocycles. The largest absolute Gasteiger partial charge is 0.397 e. The van der Waals surface area contributed by atoms with Crippen LogP contribution in [0, 0.1) is 5.92 Å². The first kappa shape index (κ1) is 12.3. The monoisotopic (exact) mass is 259 g/mol. The molecule has 0 radical (unpaired) electrons. The molecule has 0 spiro atoms. The third kappa shape index (κ3) is 2.53. The topological polar surface area (TPSA) is 58.4 Å². The van der Waals surface area contributed by atoms with Gasteiger partial charge in [-0.25, -0.2) is 0 Å². The highest BCUT2D eigenvalue weighted by Gasteiger charge is 2.26. The first-order chi connectivity index (χ1) is 9.17. The second-order valence-corrected chi connectivity index (χ2v) is 5.68. The summed E-state index contributed by atoms with van der Waals surface area (Å²) in [4.78, 5) is 13.8. The van der Waals surface area contributed by atoms with Gasteiger partial charge in [-0.2, -0.15) is 0 Å². The fraction of sp³-hybridized carbons (Fsp3) is 0.533. The maximum absolute atomic E-state index is 11.4. The Kier molecular flexibility index (Phi) is 3.09. The van der Waals surface area contributed by atoms with Gasteiger partial charge in [0.05, 0.1) is 17.8 Å². The molecule has 1 amide bonds. The minimum atomic E-state index is 0.0655. The Labute approximate surface area is 114 Å². The second-order valence-electron chi connectivity index (χ2n) is 5.68. The normalized spacial score (nSPS) is 17.2. The molecule has 4 heteroatoms. The van der Waals surface area contributed by atoms with Crippen molar-refractivity contribution in [2.45, 2.75) is 32.6 Å². The number of hydrogen-bond acceptors (Lipinski definition) is 3. The zero-order valence-electron chi connectivity index (χ0n) is 11.4. The van der Waals surface area contributed by atoms with Crippen molar-refractivity contribution in [3.8, 4) is 0 Å². The van der Waals surface area contributed by atoms with E-state index >= 15 is 0 Å². The summed E-state index contributed by atoms with van der Waals surface area (Å²) in [7, 11) is 0. The molecule has 0 aromatic heterocycles. The number of hydrogen-bond donors (Lipinski definition) is 2. The fourth-order valence-electron chi connectivity index (χ4n) is 2.75. The van der Waals surface area contributed by atoms with Crippen molar-refractivity contribution >= 4 is 23.0 Å². The van der Waals surface area contributed by atoms with E-state index in [9.17, 15) is 4.79 Å². The van der Waals surface area contributed by atoms with Crippen LogP contribution in [0.25, 0.3) is 0 Å². The van der Waals surface area contributed by atoms with Gasteiger partial charge in [-0.3, -0.25) is 4.79 Å². The maximum Gasteiger partial charge on any atom is 0.228 e. The summed E-state index contributed by atoms with van der Waals surface area (Å²) >= 11 is 0. The Morgan fingerprint density at radius 2 is 2.21 bits per heavy atom. The molecule has 3 rings (SSSR count). The van der Waals surface area contributed by atoms with Crippen LogP contribution in [0.15, 0.2) is 12.1 Å². The number of amides is 1. The van der Waals surface area contributed by atoms with Crippen molar-refractivity contribution in [2.75, 3.05) is 29.0 Å². The standard InChI is InChI=1S/C15H21N3O/c1-2-5-18(9-10-3-4-10)14-8-13-11(6-12(14)16)7-15(19)17-13/h6,8,10H,2-5,7,9,16H2,1H3,(H,17,19). The molecule has 2 aliphatic rings. The van der Waals surface area contributed by atoms with Crippen molar-refractivity contribution in [3.63, 3.8) is 0 Å². The molecule has 1 fully saturated rings. The first-order valence-electron chi connectivity index (χ1n) is 7.14. The van der Waals surface area contributed by atoms with Crippen LogP contribution >= 0.6 is 0 Å². The van der Waals surface area contributed by atoms with Gasteiger partial charge >= 0.3 is 0 Å². The average Bonchev–Trinajstić information content (AvgIpc) is 3.09. The number of carbonyl (C=O) groups is 1. The summed E-state index contributed by atoms with van der Waals surface area (Å²) < 4.78 is 0. The molecule has 1 aliphatic heterocycles. The van der Waals surface area contributed by atoms with E-state index in [0.717, 1.165) is 48.1 Å². The van der Waals surface area contributed by atoms with E-state index in [-0.39, 0.29) is 5.91 Å². The number of benzene rings is 1. The molecule has 1 saturated carbocycles. The Morgan fingerprint density at radius 1 is 1.42 bits per heavy atom. The van der Waals surface area contributed by atoms with Gasteiger partial charge in [0.15, 0.2) is 0 Å². The molecule has 0 saturated heterocycles. The number of rotatable bonds is 5. The van der Waals surface area contributed by atoms with Crippen LogP contribution in [-0.4, -0.2) is 19.0 Å². The lowest BCUT2D eigenvalue weighted by atomic mass is 10.1. The summed E-state index contributed by atoms with van der Waals surface area (Å²) in [6, 6.07) is 4.01. The van der Waals surface area contributed by atoms with E-state index in [1.54, 1.807) is 0 Å². The van der Waals surface area contributed by atoms with Crippen molar-refractivity contribution < 1.29 is 4.79 Å². The predicted molar refractivity (Wildman–Crippen MR) is 78.4 cm³/mol. The molecular formula is C15H21N3O. The Bertz CT molecular complexity index is 508. The minimum absolute atomic E-state index is 0.0655. The number of nitrogens with one attached hydrogen (secondary N) is 1. The van der Waals surface area contributed by atoms with E-state index in [0.29, 0.717) is 6.42 Å². The number of anilines is 3. The third-order valence-corrected chi connectivity index (χ3v) is 3.89. The molecule has 0 unspecified atom stereocenters. The van der Waals surface area contributed by atoms with Crippen LogP contribution in [0.1, 0.15) is 31.7 Å². The van der Waals surface area contributed by atoms with Crippen LogP contribution in [0.3, 0.4) is 0 Å². The molecule has 1 heterocycles. The minimum Gasteiger partial charge on any atom is -0.397 e. The Hall–Kier alpha value is -1.71. The van der Waals surface area contributed by atoms with Crippen LogP contribution in [0.2, 0.25) is 0 Å². The SMILES string of the molecule is CCCN(CC1CC1)c1cc2c(cc1N)CC(=O)N2. The quantitative estimate of drug-likeness (QED) is 0.798. The number of fused-ring (bicyclic) bond motifs is 1. The zero-order valence-corrected chi connectivity index (χ0v) is 11.4. The molecule has 0 bridgehead atoms. The molecular weight excluding hydrogens is 238 g/mol. The lowest BCUT2D eigenvalue weighted by Crippen LogP contribution is -2.27. The van der Waals surface area contributed by atoms with Crippen molar-refractivity contribution in [1.82, 2.24) is 0 Å². The number of carbonyl (C=O) groups excluding carboxylic acids is 1. The number of nitrogens with two attached hydrogens (primary N) is 1. The highest BCUT2D eigenvalue weighted by Crippen LogP contribution is 2.37. The third-order valence-electron chi connectivity index (χ3n) is 3.89. The Morgan fingerprint density at radius 3 is 2.89 bits per heavy atom. The summed E-state index contributed by atoms with van der Waals surface area (Å²) in [5.74, 6) is 0.893. The predicted octanol–water partition coefficient (Wildman–Crippen LogP) is 2.39. The molecule has 3 N–H and O–H groups in total. The van der Waals surface area contributed by atoms with Gasteiger partial charge in [0.1, 0.15) is 0 Å². The van der Waals surface area contributed by atoms with Crippen LogP contribution in [0.5, 0.6) is 0 Å². The van der Waals surface area contributed by atoms with E-state index in [1.165, 1.54) is 12.8 Å². The average molecular weight is 259 g/mol. The van der Waals surface area contributed by atoms with Crippen molar-refractivity contribution in [1.29, 1.82) is 0 Å². The highest BCUT2D eigenvalue weighted by atomic mass is 16.1. The molecule has 102 valence electrons. The molecule has 19 heavy (non-hydrogen) atoms. The van der Waals surface area contributed by atoms with Crippen LogP contribution in [-0.2, 0) is 11.2 Å². The van der Waals surface area contributed by atoms with Crippen molar-refractivity contribution in [2.24, 2.45) is 5.92 Å². The van der Waals surface area contributed by atoms with Gasteiger partial charge in [-0.1, -0.05) is 6.92 Å². The molecule has 1 aromatic carbocycles. The van der Waals surface area contributed by atoms with E-state index in [2.05, 4.69) is 17.1 Å². The maximum atomic E-state index is 11.4. The van der Waals surface area contributed by atoms with Gasteiger partial charge in [-0.05, 0) is 42.9 Å². The van der Waals surface area contributed by atoms with Gasteiger partial charge in [-0.15, -0.1) is 0 Å². The van der Waals surface area contributed by atoms with E-state index in [1.807, 2.05) is 12.1 Å². The van der Waals surface area contributed by atoms with Crippen LogP contribution < -0.4 is 16.0 Å². The zero-order chi connectivity index (χ0) is 13.4. The van der Waals surface area contributed by atoms with Gasteiger partial charge < -0.3 is 16.0 Å². The summed E-state index contributed by atoms with van der Waals surface area (Å²) in [6.07, 6.45) is 4.23. The summed E-state index contributed by atoms with van der Waals surface area (Å²) in [6.45, 7) is 4.30. The van der Waals surface area contributed by atoms with Gasteiger partial charge in [0.2, 0.25) is 5.91 Å². The smallest absolute Gasteiger partial charge is 0.228 e. The van der Waals surface area contributed by atoms with Gasteiger partial charge in [0.25, 0.3) is 0 Å².